The van der Waals surface area contributed by atoms with Gasteiger partial charge in [0, 0.05) is 32.4 Å². The van der Waals surface area contributed by atoms with Gasteiger partial charge in [-0.1, -0.05) is 158 Å². The molecule has 9 heteroatoms. The van der Waals surface area contributed by atoms with E-state index in [-0.39, 0.29) is 24.3 Å². The fraction of sp³-hybridized carbons (Fsp3) is 0.590. The summed E-state index contributed by atoms with van der Waals surface area (Å²) in [4.78, 5) is 37.0. The van der Waals surface area contributed by atoms with Crippen molar-refractivity contribution in [2.24, 2.45) is 0 Å². The number of benzene rings is 2. The van der Waals surface area contributed by atoms with Crippen molar-refractivity contribution < 1.29 is 33.3 Å². The van der Waals surface area contributed by atoms with Crippen molar-refractivity contribution in [3.63, 3.8) is 0 Å². The van der Waals surface area contributed by atoms with Crippen LogP contribution >= 0.6 is 0 Å². The number of esters is 3. The van der Waals surface area contributed by atoms with Gasteiger partial charge in [-0.25, -0.2) is 0 Å². The zero-order chi connectivity index (χ0) is 50.2. The van der Waals surface area contributed by atoms with Crippen LogP contribution in [0.5, 0.6) is 11.5 Å². The lowest BCUT2D eigenvalue weighted by atomic mass is 10.1. The van der Waals surface area contributed by atoms with Crippen LogP contribution in [-0.4, -0.2) is 57.3 Å². The van der Waals surface area contributed by atoms with Crippen LogP contribution in [0.2, 0.25) is 0 Å². The Morgan fingerprint density at radius 1 is 0.429 bits per heavy atom. The van der Waals surface area contributed by atoms with Gasteiger partial charge in [0.2, 0.25) is 0 Å². The maximum atomic E-state index is 12.4. The Bertz CT molecular complexity index is 1600. The van der Waals surface area contributed by atoms with E-state index in [0.29, 0.717) is 49.7 Å². The van der Waals surface area contributed by atoms with E-state index in [0.717, 1.165) is 114 Å². The highest BCUT2D eigenvalue weighted by molar-refractivity contribution is 5.74. The fourth-order valence-electron chi connectivity index (χ4n) is 7.60. The quantitative estimate of drug-likeness (QED) is 0.0220. The summed E-state index contributed by atoms with van der Waals surface area (Å²) in [6.07, 6.45) is 46.8. The van der Waals surface area contributed by atoms with Crippen LogP contribution in [0.25, 0.3) is 0 Å². The topological polar surface area (TPSA) is 112 Å². The first-order chi connectivity index (χ1) is 34.4. The first-order valence-electron chi connectivity index (χ1n) is 27.5. The van der Waals surface area contributed by atoms with Gasteiger partial charge >= 0.3 is 17.9 Å². The van der Waals surface area contributed by atoms with E-state index in [2.05, 4.69) is 79.7 Å². The van der Waals surface area contributed by atoms with Gasteiger partial charge in [-0.2, -0.15) is 0 Å². The van der Waals surface area contributed by atoms with Crippen LogP contribution in [0.3, 0.4) is 0 Å². The van der Waals surface area contributed by atoms with Crippen molar-refractivity contribution >= 4 is 17.9 Å². The predicted molar refractivity (Wildman–Crippen MR) is 291 cm³/mol. The Morgan fingerprint density at radius 2 is 0.814 bits per heavy atom. The minimum atomic E-state index is -0.272. The lowest BCUT2D eigenvalue weighted by Crippen LogP contribution is -2.29. The third-order valence-corrected chi connectivity index (χ3v) is 11.8. The monoisotopic (exact) mass is 967 g/mol. The molecular formula is C61H94N2O7. The maximum absolute atomic E-state index is 12.4. The van der Waals surface area contributed by atoms with Crippen molar-refractivity contribution in [3.05, 3.63) is 121 Å². The summed E-state index contributed by atoms with van der Waals surface area (Å²) >= 11 is 0. The number of ether oxygens (including phenoxy) is 4. The van der Waals surface area contributed by atoms with Crippen molar-refractivity contribution in [2.45, 2.75) is 194 Å². The van der Waals surface area contributed by atoms with Crippen molar-refractivity contribution in [2.75, 3.05) is 39.4 Å². The molecule has 0 aliphatic heterocycles. The molecular weight excluding hydrogens is 873 g/mol. The summed E-state index contributed by atoms with van der Waals surface area (Å²) < 4.78 is 22.3. The van der Waals surface area contributed by atoms with E-state index in [1.54, 1.807) is 24.3 Å². The molecule has 70 heavy (non-hydrogen) atoms. The largest absolute Gasteiger partial charge is 0.498 e. The van der Waals surface area contributed by atoms with Crippen LogP contribution in [-0.2, 0) is 36.7 Å². The highest BCUT2D eigenvalue weighted by Gasteiger charge is 2.09. The second-order valence-electron chi connectivity index (χ2n) is 18.4. The molecule has 9 nitrogen and oxygen atoms in total. The molecule has 0 amide bonds. The van der Waals surface area contributed by atoms with Gasteiger partial charge in [-0.15, -0.1) is 0 Å². The standard InChI is InChI=1S/C61H94N2O7/c1-4-6-8-10-12-14-16-18-20-22-24-26-28-30-32-36-59(64)69-57-42-38-55(39-43-57)52-54(3)67-50-34-46-62-48-49-63-47-35-51-68-61(66)53-56-40-44-58(45-41-56)70-60(65)37-33-31-29-27-25-23-21-19-17-15-13-11-9-7-5-2/h12-15,18-21,38-45,62-63H,3-11,16-17,22-37,46-53H2,1-2H3/b14-12-,15-13-,20-18-,21-19-. The second-order valence-corrected chi connectivity index (χ2v) is 18.4. The van der Waals surface area contributed by atoms with Gasteiger partial charge in [0.15, 0.2) is 0 Å². The van der Waals surface area contributed by atoms with E-state index < -0.39 is 0 Å². The molecule has 0 atom stereocenters. The number of allylic oxidation sites excluding steroid dienone is 9. The van der Waals surface area contributed by atoms with Crippen LogP contribution < -0.4 is 20.1 Å². The summed E-state index contributed by atoms with van der Waals surface area (Å²) in [5, 5.41) is 6.79. The smallest absolute Gasteiger partial charge is 0.311 e. The molecule has 2 aromatic rings. The predicted octanol–water partition coefficient (Wildman–Crippen LogP) is 14.9. The summed E-state index contributed by atoms with van der Waals surface area (Å²) in [5.41, 5.74) is 1.88. The van der Waals surface area contributed by atoms with E-state index in [1.807, 2.05) is 24.3 Å². The fourth-order valence-corrected chi connectivity index (χ4v) is 7.60. The van der Waals surface area contributed by atoms with Gasteiger partial charge in [0.05, 0.1) is 25.4 Å². The molecule has 0 saturated carbocycles. The zero-order valence-electron chi connectivity index (χ0n) is 43.8. The lowest BCUT2D eigenvalue weighted by molar-refractivity contribution is -0.143. The van der Waals surface area contributed by atoms with E-state index in [4.69, 9.17) is 18.9 Å². The Kier molecular flexibility index (Phi) is 39.8. The molecule has 0 heterocycles. The number of carbonyl (C=O) groups is 3. The van der Waals surface area contributed by atoms with Crippen LogP contribution in [0.15, 0.2) is 109 Å². The molecule has 0 aliphatic carbocycles. The summed E-state index contributed by atoms with van der Waals surface area (Å²) in [7, 11) is 0. The number of carbonyl (C=O) groups excluding carboxylic acids is 3. The van der Waals surface area contributed by atoms with E-state index >= 15 is 0 Å². The molecule has 0 spiro atoms. The summed E-state index contributed by atoms with van der Waals surface area (Å²) in [6, 6.07) is 14.7. The number of hydrogen-bond acceptors (Lipinski definition) is 9. The highest BCUT2D eigenvalue weighted by atomic mass is 16.5. The van der Waals surface area contributed by atoms with Crippen LogP contribution in [0, 0.1) is 0 Å². The summed E-state index contributed by atoms with van der Waals surface area (Å²) in [6.45, 7) is 12.7. The number of rotatable bonds is 46. The molecule has 2 rings (SSSR count). The van der Waals surface area contributed by atoms with Crippen LogP contribution in [0.1, 0.15) is 192 Å². The maximum Gasteiger partial charge on any atom is 0.311 e. The summed E-state index contributed by atoms with van der Waals surface area (Å²) in [5.74, 6) is 1.11. The van der Waals surface area contributed by atoms with Gasteiger partial charge in [0.1, 0.15) is 11.5 Å². The first-order valence-corrected chi connectivity index (χ1v) is 27.5. The van der Waals surface area contributed by atoms with Crippen molar-refractivity contribution in [3.8, 4) is 11.5 Å². The molecule has 0 fully saturated rings. The Balaban J connectivity index is 1.37. The Labute approximate surface area is 425 Å². The molecule has 0 aromatic heterocycles. The van der Waals surface area contributed by atoms with Gasteiger partial charge in [0.25, 0.3) is 0 Å². The van der Waals surface area contributed by atoms with Gasteiger partial charge in [-0.05, 0) is 138 Å². The van der Waals surface area contributed by atoms with Gasteiger partial charge < -0.3 is 29.6 Å². The average Bonchev–Trinajstić information content (AvgIpc) is 3.35. The second kappa shape index (κ2) is 45.4. The molecule has 0 aliphatic rings. The number of unbranched alkanes of at least 4 members (excludes halogenated alkanes) is 16. The third kappa shape index (κ3) is 38.1. The SMILES string of the molecule is C=C(Cc1ccc(OC(=O)CCCCCCC/C=C\C/C=C\CCCCC)cc1)OCCCNCCNCCCOC(=O)Cc1ccc(OC(=O)CCCCCCC/C=C\C/C=C\CCCCC)cc1. The minimum Gasteiger partial charge on any atom is -0.498 e. The molecule has 0 radical (unpaired) electrons. The normalized spacial score (nSPS) is 11.6. The zero-order valence-corrected chi connectivity index (χ0v) is 43.8. The molecule has 2 N–H and O–H groups in total. The third-order valence-electron chi connectivity index (χ3n) is 11.8. The average molecular weight is 967 g/mol. The van der Waals surface area contributed by atoms with Gasteiger partial charge in [-0.3, -0.25) is 14.4 Å². The molecule has 0 bridgehead atoms. The van der Waals surface area contributed by atoms with E-state index in [1.165, 1.54) is 77.0 Å². The van der Waals surface area contributed by atoms with E-state index in [9.17, 15) is 14.4 Å². The van der Waals surface area contributed by atoms with Crippen LogP contribution in [0.4, 0.5) is 0 Å². The molecule has 390 valence electrons. The minimum absolute atomic E-state index is 0.176. The van der Waals surface area contributed by atoms with Crippen molar-refractivity contribution in [1.29, 1.82) is 0 Å². The highest BCUT2D eigenvalue weighted by Crippen LogP contribution is 2.18. The Hall–Kier alpha value is -4.73. The number of nitrogens with one attached hydrogen (secondary N) is 2. The molecule has 0 unspecified atom stereocenters. The van der Waals surface area contributed by atoms with Crippen molar-refractivity contribution in [1.82, 2.24) is 10.6 Å². The Morgan fingerprint density at radius 3 is 1.26 bits per heavy atom. The molecule has 0 saturated heterocycles. The lowest BCUT2D eigenvalue weighted by Gasteiger charge is -2.11. The molecule has 2 aromatic carbocycles. The number of hydrogen-bond donors (Lipinski definition) is 2. The first kappa shape index (κ1) is 61.4.